The number of fused-ring (bicyclic) bond motifs is 2. The summed E-state index contributed by atoms with van der Waals surface area (Å²) in [6.07, 6.45) is 1.38. The molecule has 0 radical (unpaired) electrons. The van der Waals surface area contributed by atoms with Gasteiger partial charge >= 0.3 is 0 Å². The van der Waals surface area contributed by atoms with Crippen molar-refractivity contribution in [1.82, 2.24) is 10.3 Å². The van der Waals surface area contributed by atoms with E-state index in [1.54, 1.807) is 38.5 Å². The predicted octanol–water partition coefficient (Wildman–Crippen LogP) is 4.53. The molecule has 0 spiro atoms. The molecule has 0 saturated heterocycles. The standard InChI is InChI=1S/C32H39N3O6S/c1-31-14-13-26(37)32(2,18-36)25(31)16-24-28(22(31)15-27(38)33-17-20-7-5-6-8-23(20)41-4)34-30(42-24)35-29(39)19-9-11-21(40-3)12-10-19/h5-12,22,25-26,36-37H,13-18H2,1-4H3,(H,33,38)(H,34,35,39)/t22-,25+,26-,31+,32+/m1/s1. The van der Waals surface area contributed by atoms with E-state index in [9.17, 15) is 19.8 Å². The summed E-state index contributed by atoms with van der Waals surface area (Å²) >= 11 is 1.40. The SMILES string of the molecule is COc1ccc(C(=O)Nc2nc3c(s2)C[C@@H]2[C@](C)(CO)[C@H](O)CC[C@@]2(C)[C@@H]3CC(=O)NCc2ccccc2OC)cc1. The van der Waals surface area contributed by atoms with Gasteiger partial charge in [0.1, 0.15) is 11.5 Å². The Bertz CT molecular complexity index is 1440. The Morgan fingerprint density at radius 1 is 1.10 bits per heavy atom. The Hall–Kier alpha value is -3.47. The number of hydrogen-bond acceptors (Lipinski definition) is 8. The first-order valence-corrected chi connectivity index (χ1v) is 15.1. The number of aromatic nitrogens is 1. The van der Waals surface area contributed by atoms with Gasteiger partial charge in [-0.1, -0.05) is 32.0 Å². The van der Waals surface area contributed by atoms with Gasteiger partial charge in [0.05, 0.1) is 32.6 Å². The summed E-state index contributed by atoms with van der Waals surface area (Å²) in [5, 5.41) is 28.0. The number of carbonyl (C=O) groups excluding carboxylic acids is 2. The highest BCUT2D eigenvalue weighted by atomic mass is 32.1. The van der Waals surface area contributed by atoms with Gasteiger partial charge in [0.2, 0.25) is 5.91 Å². The van der Waals surface area contributed by atoms with E-state index < -0.39 is 16.9 Å². The Morgan fingerprint density at radius 3 is 2.52 bits per heavy atom. The quantitative estimate of drug-likeness (QED) is 0.287. The van der Waals surface area contributed by atoms with Crippen LogP contribution in [-0.4, -0.2) is 53.9 Å². The fourth-order valence-electron chi connectivity index (χ4n) is 6.91. The second-order valence-corrected chi connectivity index (χ2v) is 12.9. The molecule has 1 saturated carbocycles. The molecule has 0 bridgehead atoms. The van der Waals surface area contributed by atoms with Crippen LogP contribution in [-0.2, 0) is 17.8 Å². The van der Waals surface area contributed by atoms with Crippen molar-refractivity contribution in [2.45, 2.75) is 58.1 Å². The number of ether oxygens (including phenoxy) is 2. The number of nitrogens with one attached hydrogen (secondary N) is 2. The first-order chi connectivity index (χ1) is 20.1. The van der Waals surface area contributed by atoms with E-state index in [-0.39, 0.29) is 36.7 Å². The van der Waals surface area contributed by atoms with Crippen molar-refractivity contribution in [1.29, 1.82) is 0 Å². The van der Waals surface area contributed by atoms with Crippen LogP contribution in [0.2, 0.25) is 0 Å². The normalized spacial score (nSPS) is 26.5. The van der Waals surface area contributed by atoms with E-state index in [1.165, 1.54) is 11.3 Å². The summed E-state index contributed by atoms with van der Waals surface area (Å²) in [7, 11) is 3.18. The molecule has 5 rings (SSSR count). The smallest absolute Gasteiger partial charge is 0.257 e. The van der Waals surface area contributed by atoms with Crippen LogP contribution in [0.4, 0.5) is 5.13 Å². The van der Waals surface area contributed by atoms with E-state index >= 15 is 0 Å². The van der Waals surface area contributed by atoms with E-state index in [0.717, 1.165) is 16.1 Å². The molecule has 1 heterocycles. The zero-order valence-corrected chi connectivity index (χ0v) is 25.3. The third-order valence-corrected chi connectivity index (χ3v) is 10.5. The number of benzene rings is 2. The Labute approximate surface area is 250 Å². The van der Waals surface area contributed by atoms with E-state index in [0.29, 0.717) is 48.0 Å². The molecule has 5 atom stereocenters. The molecule has 42 heavy (non-hydrogen) atoms. The molecule has 0 unspecified atom stereocenters. The number of anilines is 1. The maximum Gasteiger partial charge on any atom is 0.257 e. The van der Waals surface area contributed by atoms with Crippen LogP contribution in [0.3, 0.4) is 0 Å². The average molecular weight is 594 g/mol. The number of aliphatic hydroxyl groups excluding tert-OH is 2. The number of thiazole rings is 1. The Balaban J connectivity index is 1.43. The van der Waals surface area contributed by atoms with Gasteiger partial charge in [-0.2, -0.15) is 0 Å². The minimum atomic E-state index is -0.729. The molecule has 0 aliphatic heterocycles. The number of para-hydroxylation sites is 1. The number of carbonyl (C=O) groups is 2. The van der Waals surface area contributed by atoms with Gasteiger partial charge in [-0.05, 0) is 60.9 Å². The minimum Gasteiger partial charge on any atom is -0.497 e. The lowest BCUT2D eigenvalue weighted by atomic mass is 9.47. The summed E-state index contributed by atoms with van der Waals surface area (Å²) in [5.41, 5.74) is 1.05. The van der Waals surface area contributed by atoms with E-state index in [1.807, 2.05) is 31.2 Å². The lowest BCUT2D eigenvalue weighted by Crippen LogP contribution is -2.57. The van der Waals surface area contributed by atoms with Crippen molar-refractivity contribution in [2.24, 2.45) is 16.7 Å². The van der Waals surface area contributed by atoms with Crippen molar-refractivity contribution < 1.29 is 29.3 Å². The van der Waals surface area contributed by atoms with Gasteiger partial charge in [-0.25, -0.2) is 4.98 Å². The summed E-state index contributed by atoms with van der Waals surface area (Å²) in [6, 6.07) is 14.4. The summed E-state index contributed by atoms with van der Waals surface area (Å²) < 4.78 is 10.6. The molecule has 2 aliphatic carbocycles. The highest BCUT2D eigenvalue weighted by molar-refractivity contribution is 7.15. The fraction of sp³-hybridized carbons (Fsp3) is 0.469. The Morgan fingerprint density at radius 2 is 1.83 bits per heavy atom. The largest absolute Gasteiger partial charge is 0.497 e. The van der Waals surface area contributed by atoms with Gasteiger partial charge < -0.3 is 25.0 Å². The van der Waals surface area contributed by atoms with E-state index in [2.05, 4.69) is 17.6 Å². The van der Waals surface area contributed by atoms with Crippen LogP contribution < -0.4 is 20.1 Å². The van der Waals surface area contributed by atoms with Crippen molar-refractivity contribution in [3.8, 4) is 11.5 Å². The van der Waals surface area contributed by atoms with Crippen LogP contribution in [0.1, 0.15) is 65.5 Å². The third kappa shape index (κ3) is 5.50. The monoisotopic (exact) mass is 593 g/mol. The van der Waals surface area contributed by atoms with Gasteiger partial charge in [0.25, 0.3) is 5.91 Å². The Kier molecular flexibility index (Phi) is 8.59. The van der Waals surface area contributed by atoms with E-state index in [4.69, 9.17) is 14.5 Å². The summed E-state index contributed by atoms with van der Waals surface area (Å²) in [4.78, 5) is 32.4. The number of rotatable bonds is 9. The maximum atomic E-state index is 13.5. The van der Waals surface area contributed by atoms with Crippen LogP contribution in [0.5, 0.6) is 11.5 Å². The second-order valence-electron chi connectivity index (χ2n) is 11.8. The first kappa shape index (κ1) is 30.0. The number of nitrogens with zero attached hydrogens (tertiary/aromatic N) is 1. The minimum absolute atomic E-state index is 0.0798. The van der Waals surface area contributed by atoms with Crippen LogP contribution >= 0.6 is 11.3 Å². The predicted molar refractivity (Wildman–Crippen MR) is 161 cm³/mol. The van der Waals surface area contributed by atoms with Crippen molar-refractivity contribution in [2.75, 3.05) is 26.1 Å². The van der Waals surface area contributed by atoms with Crippen molar-refractivity contribution >= 4 is 28.3 Å². The number of hydrogen-bond donors (Lipinski definition) is 4. The average Bonchev–Trinajstić information content (AvgIpc) is 3.41. The summed E-state index contributed by atoms with van der Waals surface area (Å²) in [6.45, 7) is 4.27. The topological polar surface area (TPSA) is 130 Å². The highest BCUT2D eigenvalue weighted by Gasteiger charge is 2.59. The fourth-order valence-corrected chi connectivity index (χ4v) is 7.97. The lowest BCUT2D eigenvalue weighted by Gasteiger charge is -2.58. The van der Waals surface area contributed by atoms with Crippen molar-refractivity contribution in [3.63, 3.8) is 0 Å². The molecule has 4 N–H and O–H groups in total. The lowest BCUT2D eigenvalue weighted by molar-refractivity contribution is -0.144. The molecule has 2 amide bonds. The first-order valence-electron chi connectivity index (χ1n) is 14.3. The number of methoxy groups -OCH3 is 2. The molecule has 3 aromatic rings. The van der Waals surface area contributed by atoms with Crippen LogP contribution in [0.25, 0.3) is 0 Å². The molecule has 2 aromatic carbocycles. The van der Waals surface area contributed by atoms with Gasteiger partial charge in [-0.3, -0.25) is 14.9 Å². The van der Waals surface area contributed by atoms with Gasteiger partial charge in [-0.15, -0.1) is 11.3 Å². The van der Waals surface area contributed by atoms with Crippen LogP contribution in [0.15, 0.2) is 48.5 Å². The molecular weight excluding hydrogens is 554 g/mol. The summed E-state index contributed by atoms with van der Waals surface area (Å²) in [5.74, 6) is 0.630. The van der Waals surface area contributed by atoms with Crippen LogP contribution in [0, 0.1) is 16.7 Å². The molecule has 224 valence electrons. The number of amides is 2. The maximum absolute atomic E-state index is 13.5. The highest BCUT2D eigenvalue weighted by Crippen LogP contribution is 2.62. The molecule has 1 aromatic heterocycles. The molecule has 9 nitrogen and oxygen atoms in total. The zero-order chi connectivity index (χ0) is 30.1. The third-order valence-electron chi connectivity index (χ3n) is 9.52. The molecule has 2 aliphatic rings. The number of aliphatic hydroxyl groups is 2. The van der Waals surface area contributed by atoms with Crippen molar-refractivity contribution in [3.05, 3.63) is 70.2 Å². The van der Waals surface area contributed by atoms with Gasteiger partial charge in [0, 0.05) is 40.3 Å². The molecular formula is C32H39N3O6S. The van der Waals surface area contributed by atoms with Gasteiger partial charge in [0.15, 0.2) is 5.13 Å². The second kappa shape index (κ2) is 12.0. The molecule has 10 heteroatoms. The molecule has 1 fully saturated rings. The zero-order valence-electron chi connectivity index (χ0n) is 24.5.